The largest absolute Gasteiger partial charge is 0.417 e. The minimum absolute atomic E-state index is 0.0234. The van der Waals surface area contributed by atoms with Crippen molar-refractivity contribution in [2.75, 3.05) is 30.8 Å². The second-order valence-electron chi connectivity index (χ2n) is 13.8. The number of nitrogens with one attached hydrogen (secondary N) is 3. The molecule has 19 heteroatoms. The molecule has 0 radical (unpaired) electrons. The Kier molecular flexibility index (Phi) is 13.2. The number of methoxy groups -OCH3 is 1. The summed E-state index contributed by atoms with van der Waals surface area (Å²) in [7, 11) is -6.25. The van der Waals surface area contributed by atoms with Crippen molar-refractivity contribution in [2.24, 2.45) is 0 Å². The van der Waals surface area contributed by atoms with E-state index in [1.807, 2.05) is 20.8 Å². The van der Waals surface area contributed by atoms with Gasteiger partial charge in [-0.2, -0.15) is 13.2 Å². The molecular formula is C30H47F3N6O8S2. The number of hydrogen-bond acceptors (Lipinski definition) is 10. The maximum atomic E-state index is 12.9. The number of sulfonamides is 2. The van der Waals surface area contributed by atoms with Gasteiger partial charge in [0.2, 0.25) is 31.9 Å². The van der Waals surface area contributed by atoms with E-state index >= 15 is 0 Å². The highest BCUT2D eigenvalue weighted by Crippen LogP contribution is 2.30. The minimum atomic E-state index is -4.55. The van der Waals surface area contributed by atoms with Gasteiger partial charge < -0.3 is 19.9 Å². The molecule has 2 aromatic rings. The van der Waals surface area contributed by atoms with Gasteiger partial charge in [0.05, 0.1) is 11.7 Å². The third-order valence-electron chi connectivity index (χ3n) is 7.70. The first-order valence-electron chi connectivity index (χ1n) is 15.3. The first-order valence-corrected chi connectivity index (χ1v) is 18.3. The van der Waals surface area contributed by atoms with Crippen molar-refractivity contribution in [3.8, 4) is 0 Å². The number of rotatable bonds is 10. The maximum absolute atomic E-state index is 12.9. The lowest BCUT2D eigenvalue weighted by molar-refractivity contribution is -0.137. The van der Waals surface area contributed by atoms with E-state index in [0.717, 1.165) is 12.1 Å². The van der Waals surface area contributed by atoms with Gasteiger partial charge in [0.1, 0.15) is 11.6 Å². The van der Waals surface area contributed by atoms with Crippen molar-refractivity contribution in [2.45, 2.75) is 108 Å². The molecule has 1 fully saturated rings. The number of halogens is 3. The first-order chi connectivity index (χ1) is 22.2. The second kappa shape index (κ2) is 15.4. The smallest absolute Gasteiger partial charge is 0.381 e. The quantitative estimate of drug-likeness (QED) is 0.317. The molecule has 1 aliphatic heterocycles. The standard InChI is InChI=1S/C16H22F3N3O4S.C14H25N3O4S/c1-15(2,27(24,25)22-8-6-12(26-3)7-9-22)14(23)21-13-5-4-11(10-20-13)16(17,18)19;1-9(2)17-22(19,20)14(6,7)12(18)15-11-8-10(21-16-11)13(3,4)5/h4-5,10,12H,6-9H2,1-3H3,(H,20,21,23);8-9,17H,1-7H3,(H,15,16,18). The van der Waals surface area contributed by atoms with Crippen molar-refractivity contribution in [1.29, 1.82) is 0 Å². The fourth-order valence-electron chi connectivity index (χ4n) is 4.18. The normalized spacial score (nSPS) is 15.8. The van der Waals surface area contributed by atoms with Gasteiger partial charge in [-0.3, -0.25) is 9.59 Å². The van der Waals surface area contributed by atoms with E-state index in [4.69, 9.17) is 9.26 Å². The van der Waals surface area contributed by atoms with Gasteiger partial charge in [-0.15, -0.1) is 0 Å². The number of carbonyl (C=O) groups is 2. The van der Waals surface area contributed by atoms with E-state index in [-0.39, 0.29) is 42.3 Å². The highest BCUT2D eigenvalue weighted by atomic mass is 32.2. The molecule has 0 aromatic carbocycles. The molecule has 3 heterocycles. The molecule has 0 atom stereocenters. The third kappa shape index (κ3) is 10.4. The van der Waals surface area contributed by atoms with E-state index < -0.39 is 53.1 Å². The number of hydrogen-bond donors (Lipinski definition) is 3. The zero-order valence-corrected chi connectivity index (χ0v) is 31.0. The van der Waals surface area contributed by atoms with Crippen molar-refractivity contribution in [3.63, 3.8) is 0 Å². The lowest BCUT2D eigenvalue weighted by Crippen LogP contribution is -2.54. The van der Waals surface area contributed by atoms with Crippen LogP contribution in [0.25, 0.3) is 0 Å². The highest BCUT2D eigenvalue weighted by Gasteiger charge is 2.47. The van der Waals surface area contributed by atoms with E-state index in [1.165, 1.54) is 32.0 Å². The number of aromatic nitrogens is 2. The van der Waals surface area contributed by atoms with E-state index in [2.05, 4.69) is 25.5 Å². The summed E-state index contributed by atoms with van der Waals surface area (Å²) < 4.78 is 98.5. The lowest BCUT2D eigenvalue weighted by atomic mass is 9.93. The summed E-state index contributed by atoms with van der Waals surface area (Å²) >= 11 is 0. The summed E-state index contributed by atoms with van der Waals surface area (Å²) in [6.07, 6.45) is -2.95. The number of ether oxygens (including phenoxy) is 1. The van der Waals surface area contributed by atoms with E-state index in [9.17, 15) is 39.6 Å². The van der Waals surface area contributed by atoms with Gasteiger partial charge in [0.25, 0.3) is 0 Å². The summed E-state index contributed by atoms with van der Waals surface area (Å²) in [6, 6.07) is 3.04. The number of amides is 2. The molecule has 0 bridgehead atoms. The SMILES string of the molecule is CC(C)NS(=O)(=O)C(C)(C)C(=O)Nc1cc(C(C)(C)C)on1.COC1CCN(S(=O)(=O)C(C)(C)C(=O)Nc2ccc(C(F)(F)F)cn2)CC1. The van der Waals surface area contributed by atoms with Gasteiger partial charge in [0.15, 0.2) is 15.3 Å². The first kappa shape index (κ1) is 42.0. The zero-order chi connectivity index (χ0) is 37.8. The zero-order valence-electron chi connectivity index (χ0n) is 29.4. The molecule has 0 unspecified atom stereocenters. The van der Waals surface area contributed by atoms with Crippen LogP contribution in [0.2, 0.25) is 0 Å². The molecule has 49 heavy (non-hydrogen) atoms. The molecular weight excluding hydrogens is 693 g/mol. The number of alkyl halides is 3. The van der Waals surface area contributed by atoms with Gasteiger partial charge in [-0.25, -0.2) is 30.8 Å². The van der Waals surface area contributed by atoms with E-state index in [0.29, 0.717) is 24.8 Å². The molecule has 0 saturated carbocycles. The molecule has 1 aliphatic rings. The third-order valence-corrected chi connectivity index (χ3v) is 12.5. The molecule has 278 valence electrons. The van der Waals surface area contributed by atoms with Gasteiger partial charge in [-0.1, -0.05) is 25.9 Å². The van der Waals surface area contributed by atoms with Crippen LogP contribution in [-0.2, 0) is 46.0 Å². The van der Waals surface area contributed by atoms with Crippen molar-refractivity contribution >= 4 is 43.5 Å². The summed E-state index contributed by atoms with van der Waals surface area (Å²) in [4.78, 5) is 28.4. The number of nitrogens with zero attached hydrogens (tertiary/aromatic N) is 3. The molecule has 0 aliphatic carbocycles. The van der Waals surface area contributed by atoms with Crippen LogP contribution < -0.4 is 15.4 Å². The Morgan fingerprint density at radius 2 is 1.45 bits per heavy atom. The highest BCUT2D eigenvalue weighted by molar-refractivity contribution is 7.91. The lowest BCUT2D eigenvalue weighted by Gasteiger charge is -2.35. The van der Waals surface area contributed by atoms with E-state index in [1.54, 1.807) is 27.0 Å². The monoisotopic (exact) mass is 740 g/mol. The number of carbonyl (C=O) groups excluding carboxylic acids is 2. The van der Waals surface area contributed by atoms with Crippen molar-refractivity contribution in [1.82, 2.24) is 19.2 Å². The Morgan fingerprint density at radius 3 is 1.88 bits per heavy atom. The molecule has 3 rings (SSSR count). The summed E-state index contributed by atoms with van der Waals surface area (Å²) in [5, 5.41) is 8.53. The van der Waals surface area contributed by atoms with Crippen LogP contribution in [0.3, 0.4) is 0 Å². The minimum Gasteiger partial charge on any atom is -0.381 e. The predicted octanol–water partition coefficient (Wildman–Crippen LogP) is 4.28. The summed E-state index contributed by atoms with van der Waals surface area (Å²) in [6.45, 7) is 14.9. The summed E-state index contributed by atoms with van der Waals surface area (Å²) in [5.41, 5.74) is -1.22. The Labute approximate surface area is 286 Å². The van der Waals surface area contributed by atoms with Gasteiger partial charge in [0, 0.05) is 43.9 Å². The molecule has 0 spiro atoms. The Hall–Kier alpha value is -3.13. The molecule has 1 saturated heterocycles. The maximum Gasteiger partial charge on any atom is 0.417 e. The predicted molar refractivity (Wildman–Crippen MR) is 178 cm³/mol. The van der Waals surface area contributed by atoms with Crippen molar-refractivity contribution < 1.29 is 48.9 Å². The van der Waals surface area contributed by atoms with Crippen molar-refractivity contribution in [3.05, 3.63) is 35.7 Å². The Balaban J connectivity index is 0.000000348. The van der Waals surface area contributed by atoms with Gasteiger partial charge >= 0.3 is 6.18 Å². The molecule has 2 aromatic heterocycles. The van der Waals surface area contributed by atoms with Crippen LogP contribution in [0.4, 0.5) is 24.8 Å². The average Bonchev–Trinajstić information content (AvgIpc) is 3.46. The van der Waals surface area contributed by atoms with Crippen LogP contribution >= 0.6 is 0 Å². The Bertz CT molecular complexity index is 1660. The second-order valence-corrected chi connectivity index (χ2v) is 18.6. The number of piperidine rings is 1. The molecule has 2 amide bonds. The number of pyridine rings is 1. The van der Waals surface area contributed by atoms with Crippen LogP contribution in [0.15, 0.2) is 28.9 Å². The fraction of sp³-hybridized carbons (Fsp3) is 0.667. The summed E-state index contributed by atoms with van der Waals surface area (Å²) in [5.74, 6) is -0.904. The van der Waals surface area contributed by atoms with Crippen LogP contribution in [0, 0.1) is 0 Å². The topological polar surface area (TPSA) is 190 Å². The van der Waals surface area contributed by atoms with Gasteiger partial charge in [-0.05, 0) is 66.5 Å². The van der Waals surface area contributed by atoms with Crippen LogP contribution in [-0.4, -0.2) is 84.9 Å². The number of anilines is 2. The van der Waals surface area contributed by atoms with Crippen LogP contribution in [0.5, 0.6) is 0 Å². The van der Waals surface area contributed by atoms with Crippen LogP contribution in [0.1, 0.15) is 86.5 Å². The Morgan fingerprint density at radius 1 is 0.918 bits per heavy atom. The average molecular weight is 741 g/mol. The fourth-order valence-corrected chi connectivity index (χ4v) is 7.02. The molecule has 14 nitrogen and oxygen atoms in total. The molecule has 3 N–H and O–H groups in total.